The summed E-state index contributed by atoms with van der Waals surface area (Å²) >= 11 is 0. The summed E-state index contributed by atoms with van der Waals surface area (Å²) < 4.78 is 5.17. The number of nitrogens with one attached hydrogen (secondary N) is 2. The maximum Gasteiger partial charge on any atom is 0.191 e. The van der Waals surface area contributed by atoms with Crippen molar-refractivity contribution in [1.82, 2.24) is 15.5 Å². The number of aliphatic imine (C=N–C) groups is 1. The second kappa shape index (κ2) is 11.1. The van der Waals surface area contributed by atoms with Gasteiger partial charge in [-0.25, -0.2) is 4.99 Å². The van der Waals surface area contributed by atoms with Gasteiger partial charge in [0.1, 0.15) is 0 Å². The Hall–Kier alpha value is -1.59. The highest BCUT2D eigenvalue weighted by Gasteiger charge is 2.18. The highest BCUT2D eigenvalue weighted by atomic mass is 16.5. The van der Waals surface area contributed by atoms with Gasteiger partial charge in [-0.2, -0.15) is 0 Å². The number of methoxy groups -OCH3 is 1. The minimum atomic E-state index is 0.713. The molecule has 5 heteroatoms. The van der Waals surface area contributed by atoms with Gasteiger partial charge in [-0.1, -0.05) is 29.8 Å². The summed E-state index contributed by atoms with van der Waals surface area (Å²) in [5, 5.41) is 6.88. The summed E-state index contributed by atoms with van der Waals surface area (Å²) in [7, 11) is 1.77. The van der Waals surface area contributed by atoms with E-state index in [1.165, 1.54) is 37.1 Å². The van der Waals surface area contributed by atoms with E-state index in [1.54, 1.807) is 7.11 Å². The Bertz CT molecular complexity index is 507. The molecule has 0 amide bonds. The third kappa shape index (κ3) is 7.45. The van der Waals surface area contributed by atoms with Crippen LogP contribution in [-0.4, -0.2) is 57.3 Å². The number of piperidine rings is 1. The molecule has 0 unspecified atom stereocenters. The summed E-state index contributed by atoms with van der Waals surface area (Å²) in [6, 6.07) is 8.58. The van der Waals surface area contributed by atoms with E-state index in [0.717, 1.165) is 38.1 Å². The van der Waals surface area contributed by atoms with Crippen LogP contribution in [0.2, 0.25) is 0 Å². The van der Waals surface area contributed by atoms with Crippen molar-refractivity contribution in [2.75, 3.05) is 46.4 Å². The molecule has 5 nitrogen and oxygen atoms in total. The second-order valence-electron chi connectivity index (χ2n) is 6.84. The van der Waals surface area contributed by atoms with Gasteiger partial charge in [-0.15, -0.1) is 0 Å². The standard InChI is InChI=1S/C20H34N4O/c1-4-21-20(22-15-18-7-5-17(2)6-8-18)23-16-19-9-11-24(12-10-19)13-14-25-3/h5-8,19H,4,9-16H2,1-3H3,(H2,21,22,23). The van der Waals surface area contributed by atoms with Crippen LogP contribution in [0.4, 0.5) is 0 Å². The summed E-state index contributed by atoms with van der Waals surface area (Å²) in [6.45, 7) is 11.0. The summed E-state index contributed by atoms with van der Waals surface area (Å²) in [4.78, 5) is 7.22. The number of rotatable bonds is 8. The van der Waals surface area contributed by atoms with Crippen LogP contribution in [0.1, 0.15) is 30.9 Å². The van der Waals surface area contributed by atoms with Gasteiger partial charge in [-0.3, -0.25) is 0 Å². The Morgan fingerprint density at radius 2 is 1.92 bits per heavy atom. The van der Waals surface area contributed by atoms with Gasteiger partial charge in [0.2, 0.25) is 0 Å². The maximum absolute atomic E-state index is 5.17. The van der Waals surface area contributed by atoms with Crippen molar-refractivity contribution in [2.45, 2.75) is 33.2 Å². The Morgan fingerprint density at radius 3 is 2.56 bits per heavy atom. The fraction of sp³-hybridized carbons (Fsp3) is 0.650. The number of guanidine groups is 1. The van der Waals surface area contributed by atoms with Crippen molar-refractivity contribution >= 4 is 5.96 Å². The summed E-state index contributed by atoms with van der Waals surface area (Å²) in [5.74, 6) is 1.65. The highest BCUT2D eigenvalue weighted by Crippen LogP contribution is 2.16. The molecule has 0 saturated carbocycles. The molecule has 1 aromatic rings. The lowest BCUT2D eigenvalue weighted by atomic mass is 9.97. The smallest absolute Gasteiger partial charge is 0.191 e. The van der Waals surface area contributed by atoms with Gasteiger partial charge in [-0.05, 0) is 51.3 Å². The molecule has 0 bridgehead atoms. The SMILES string of the molecule is CCNC(=NCc1ccc(C)cc1)NCC1CCN(CCOC)CC1. The number of benzene rings is 1. The molecule has 0 aliphatic carbocycles. The van der Waals surface area contributed by atoms with Gasteiger partial charge in [0.05, 0.1) is 13.2 Å². The van der Waals surface area contributed by atoms with E-state index in [9.17, 15) is 0 Å². The van der Waals surface area contributed by atoms with E-state index in [0.29, 0.717) is 6.54 Å². The Balaban J connectivity index is 1.75. The number of nitrogens with zero attached hydrogens (tertiary/aromatic N) is 2. The molecule has 1 fully saturated rings. The molecule has 1 heterocycles. The van der Waals surface area contributed by atoms with Gasteiger partial charge >= 0.3 is 0 Å². The lowest BCUT2D eigenvalue weighted by Gasteiger charge is -2.32. The van der Waals surface area contributed by atoms with Crippen molar-refractivity contribution in [2.24, 2.45) is 10.9 Å². The first-order chi connectivity index (χ1) is 12.2. The molecule has 1 aliphatic heterocycles. The molecule has 25 heavy (non-hydrogen) atoms. The molecule has 0 radical (unpaired) electrons. The van der Waals surface area contributed by atoms with E-state index < -0.39 is 0 Å². The van der Waals surface area contributed by atoms with Crippen LogP contribution in [-0.2, 0) is 11.3 Å². The van der Waals surface area contributed by atoms with Gasteiger partial charge < -0.3 is 20.3 Å². The minimum absolute atomic E-state index is 0.713. The molecule has 0 atom stereocenters. The van der Waals surface area contributed by atoms with Gasteiger partial charge in [0.25, 0.3) is 0 Å². The monoisotopic (exact) mass is 346 g/mol. The van der Waals surface area contributed by atoms with E-state index in [1.807, 2.05) is 0 Å². The zero-order valence-corrected chi connectivity index (χ0v) is 16.1. The van der Waals surface area contributed by atoms with Crippen LogP contribution in [0.25, 0.3) is 0 Å². The van der Waals surface area contributed by atoms with Crippen molar-refractivity contribution in [3.05, 3.63) is 35.4 Å². The highest BCUT2D eigenvalue weighted by molar-refractivity contribution is 5.79. The van der Waals surface area contributed by atoms with Crippen LogP contribution >= 0.6 is 0 Å². The third-order valence-corrected chi connectivity index (χ3v) is 4.76. The topological polar surface area (TPSA) is 48.9 Å². The van der Waals surface area contributed by atoms with Crippen molar-refractivity contribution < 1.29 is 4.74 Å². The number of hydrogen-bond donors (Lipinski definition) is 2. The number of hydrogen-bond acceptors (Lipinski definition) is 3. The first-order valence-corrected chi connectivity index (χ1v) is 9.50. The fourth-order valence-corrected chi connectivity index (χ4v) is 3.08. The maximum atomic E-state index is 5.17. The van der Waals surface area contributed by atoms with E-state index >= 15 is 0 Å². The normalized spacial score (nSPS) is 16.8. The quantitative estimate of drug-likeness (QED) is 0.561. The van der Waals surface area contributed by atoms with Crippen molar-refractivity contribution in [3.63, 3.8) is 0 Å². The van der Waals surface area contributed by atoms with Crippen LogP contribution in [0.5, 0.6) is 0 Å². The summed E-state index contributed by atoms with van der Waals surface area (Å²) in [5.41, 5.74) is 2.53. The number of likely N-dealkylation sites (tertiary alicyclic amines) is 1. The molecule has 140 valence electrons. The Labute approximate surface area is 152 Å². The molecule has 2 N–H and O–H groups in total. The Morgan fingerprint density at radius 1 is 1.20 bits per heavy atom. The molecular formula is C20H34N4O. The largest absolute Gasteiger partial charge is 0.383 e. The van der Waals surface area contributed by atoms with Crippen LogP contribution in [0.3, 0.4) is 0 Å². The Kier molecular flexibility index (Phi) is 8.77. The average Bonchev–Trinajstić information content (AvgIpc) is 2.64. The second-order valence-corrected chi connectivity index (χ2v) is 6.84. The van der Waals surface area contributed by atoms with E-state index in [4.69, 9.17) is 9.73 Å². The van der Waals surface area contributed by atoms with E-state index in [2.05, 4.69) is 53.6 Å². The molecule has 2 rings (SSSR count). The van der Waals surface area contributed by atoms with Gasteiger partial charge in [0.15, 0.2) is 5.96 Å². The lowest BCUT2D eigenvalue weighted by Crippen LogP contribution is -2.43. The zero-order chi connectivity index (χ0) is 17.9. The fourth-order valence-electron chi connectivity index (χ4n) is 3.08. The average molecular weight is 347 g/mol. The number of ether oxygens (including phenoxy) is 1. The van der Waals surface area contributed by atoms with Crippen molar-refractivity contribution in [3.8, 4) is 0 Å². The van der Waals surface area contributed by atoms with Gasteiger partial charge in [0, 0.05) is 26.7 Å². The minimum Gasteiger partial charge on any atom is -0.383 e. The molecule has 1 aliphatic rings. The lowest BCUT2D eigenvalue weighted by molar-refractivity contribution is 0.121. The predicted octanol–water partition coefficient (Wildman–Crippen LogP) is 2.41. The van der Waals surface area contributed by atoms with E-state index in [-0.39, 0.29) is 0 Å². The third-order valence-electron chi connectivity index (χ3n) is 4.76. The van der Waals surface area contributed by atoms with Crippen LogP contribution in [0, 0.1) is 12.8 Å². The summed E-state index contributed by atoms with van der Waals surface area (Å²) in [6.07, 6.45) is 2.49. The molecule has 0 spiro atoms. The van der Waals surface area contributed by atoms with Crippen LogP contribution < -0.4 is 10.6 Å². The molecule has 1 aromatic carbocycles. The van der Waals surface area contributed by atoms with Crippen molar-refractivity contribution in [1.29, 1.82) is 0 Å². The first kappa shape index (κ1) is 19.7. The molecular weight excluding hydrogens is 312 g/mol. The van der Waals surface area contributed by atoms with Crippen LogP contribution in [0.15, 0.2) is 29.3 Å². The zero-order valence-electron chi connectivity index (χ0n) is 16.1. The first-order valence-electron chi connectivity index (χ1n) is 9.50. The predicted molar refractivity (Wildman–Crippen MR) is 105 cm³/mol. The molecule has 1 saturated heterocycles. The molecule has 0 aromatic heterocycles. The number of aryl methyl sites for hydroxylation is 1.